The predicted molar refractivity (Wildman–Crippen MR) is 96.0 cm³/mol. The molecule has 1 aliphatic heterocycles. The number of aromatic nitrogens is 3. The molecule has 1 atom stereocenters. The molecule has 0 N–H and O–H groups in total. The summed E-state index contributed by atoms with van der Waals surface area (Å²) in [7, 11) is 0. The van der Waals surface area contributed by atoms with Crippen molar-refractivity contribution in [2.24, 2.45) is 0 Å². The van der Waals surface area contributed by atoms with Crippen LogP contribution in [-0.4, -0.2) is 33.5 Å². The average molecular weight is 367 g/mol. The molecule has 6 nitrogen and oxygen atoms in total. The number of carbonyl (C=O) groups is 1. The minimum atomic E-state index is -0.351. The first-order valence-electron chi connectivity index (χ1n) is 8.13. The van der Waals surface area contributed by atoms with Gasteiger partial charge in [-0.15, -0.1) is 11.3 Å². The lowest BCUT2D eigenvalue weighted by Gasteiger charge is -2.21. The second-order valence-electron chi connectivity index (χ2n) is 6.79. The number of hydrogen-bond acceptors (Lipinski definition) is 8. The van der Waals surface area contributed by atoms with Crippen molar-refractivity contribution in [1.29, 1.82) is 0 Å². The Hall–Kier alpha value is -1.54. The summed E-state index contributed by atoms with van der Waals surface area (Å²) >= 11 is 2.96. The lowest BCUT2D eigenvalue weighted by Crippen LogP contribution is -2.23. The van der Waals surface area contributed by atoms with Crippen molar-refractivity contribution in [2.45, 2.75) is 52.0 Å². The molecule has 130 valence electrons. The largest absolute Gasteiger partial charge is 0.461 e. The number of hydrogen-bond donors (Lipinski definition) is 0. The maximum absolute atomic E-state index is 11.8. The van der Waals surface area contributed by atoms with Crippen molar-refractivity contribution in [2.75, 3.05) is 18.1 Å². The van der Waals surface area contributed by atoms with E-state index in [1.807, 2.05) is 0 Å². The zero-order valence-electron chi connectivity index (χ0n) is 14.4. The number of rotatable bonds is 4. The summed E-state index contributed by atoms with van der Waals surface area (Å²) < 4.78 is 9.54. The second-order valence-corrected chi connectivity index (χ2v) is 8.41. The van der Waals surface area contributed by atoms with Crippen molar-refractivity contribution < 1.29 is 9.53 Å². The fourth-order valence-corrected chi connectivity index (χ4v) is 4.50. The Bertz CT molecular complexity index is 720. The van der Waals surface area contributed by atoms with Crippen LogP contribution >= 0.6 is 22.9 Å². The third-order valence-electron chi connectivity index (χ3n) is 3.88. The summed E-state index contributed by atoms with van der Waals surface area (Å²) in [5.74, 6) is 0.523. The molecule has 0 bridgehead atoms. The van der Waals surface area contributed by atoms with Crippen LogP contribution in [0, 0.1) is 0 Å². The quantitative estimate of drug-likeness (QED) is 0.767. The average Bonchev–Trinajstić information content (AvgIpc) is 3.25. The number of esters is 1. The molecule has 2 aromatic heterocycles. The van der Waals surface area contributed by atoms with E-state index < -0.39 is 0 Å². The van der Waals surface area contributed by atoms with Gasteiger partial charge in [-0.1, -0.05) is 20.8 Å². The summed E-state index contributed by atoms with van der Waals surface area (Å²) in [5.41, 5.74) is 0.346. The first-order valence-corrected chi connectivity index (χ1v) is 9.79. The molecule has 1 aliphatic rings. The Labute approximate surface area is 150 Å². The summed E-state index contributed by atoms with van der Waals surface area (Å²) in [6.45, 7) is 9.46. The number of nitrogens with zero attached hydrogens (tertiary/aromatic N) is 4. The standard InChI is InChI=1S/C16H22N4O2S2/c1-5-22-13(21)10-9-23-12(17-10)11-7-6-8-20(11)15-18-14(19-24-15)16(2,3)4/h9,11H,5-8H2,1-4H3. The maximum Gasteiger partial charge on any atom is 0.357 e. The van der Waals surface area contributed by atoms with Crippen molar-refractivity contribution in [1.82, 2.24) is 14.3 Å². The molecule has 8 heteroatoms. The summed E-state index contributed by atoms with van der Waals surface area (Å²) in [6.07, 6.45) is 2.10. The smallest absolute Gasteiger partial charge is 0.357 e. The van der Waals surface area contributed by atoms with Gasteiger partial charge in [-0.05, 0) is 19.8 Å². The van der Waals surface area contributed by atoms with Gasteiger partial charge in [0.15, 0.2) is 5.69 Å². The number of thiazole rings is 1. The lowest BCUT2D eigenvalue weighted by atomic mass is 9.96. The third kappa shape index (κ3) is 3.44. The molecule has 3 heterocycles. The fraction of sp³-hybridized carbons (Fsp3) is 0.625. The topological polar surface area (TPSA) is 68.2 Å². The molecule has 0 amide bonds. The van der Waals surface area contributed by atoms with Crippen molar-refractivity contribution >= 4 is 34.0 Å². The Balaban J connectivity index is 1.81. The number of carbonyl (C=O) groups excluding carboxylic acids is 1. The molecular formula is C16H22N4O2S2. The fourth-order valence-electron chi connectivity index (χ4n) is 2.63. The van der Waals surface area contributed by atoms with E-state index in [0.29, 0.717) is 12.3 Å². The Kier molecular flexibility index (Phi) is 4.87. The number of ether oxygens (including phenoxy) is 1. The van der Waals surface area contributed by atoms with Gasteiger partial charge in [-0.2, -0.15) is 4.37 Å². The van der Waals surface area contributed by atoms with Crippen LogP contribution in [0.1, 0.15) is 67.9 Å². The maximum atomic E-state index is 11.8. The zero-order valence-corrected chi connectivity index (χ0v) is 16.0. The lowest BCUT2D eigenvalue weighted by molar-refractivity contribution is 0.0520. The Morgan fingerprint density at radius 1 is 1.42 bits per heavy atom. The molecule has 0 spiro atoms. The Morgan fingerprint density at radius 3 is 2.88 bits per heavy atom. The molecular weight excluding hydrogens is 344 g/mol. The van der Waals surface area contributed by atoms with Crippen LogP contribution in [0.15, 0.2) is 5.38 Å². The second kappa shape index (κ2) is 6.76. The van der Waals surface area contributed by atoms with E-state index in [0.717, 1.165) is 35.3 Å². The van der Waals surface area contributed by atoms with Crippen molar-refractivity contribution in [3.05, 3.63) is 21.9 Å². The van der Waals surface area contributed by atoms with Gasteiger partial charge < -0.3 is 9.64 Å². The summed E-state index contributed by atoms with van der Waals surface area (Å²) in [4.78, 5) is 23.3. The van der Waals surface area contributed by atoms with Crippen LogP contribution in [0.25, 0.3) is 0 Å². The summed E-state index contributed by atoms with van der Waals surface area (Å²) in [5, 5.41) is 3.67. The minimum Gasteiger partial charge on any atom is -0.461 e. The first kappa shape index (κ1) is 17.3. The van der Waals surface area contributed by atoms with Gasteiger partial charge >= 0.3 is 5.97 Å². The van der Waals surface area contributed by atoms with Gasteiger partial charge in [-0.25, -0.2) is 14.8 Å². The van der Waals surface area contributed by atoms with Crippen LogP contribution in [-0.2, 0) is 10.2 Å². The molecule has 0 saturated carbocycles. The Morgan fingerprint density at radius 2 is 2.21 bits per heavy atom. The van der Waals surface area contributed by atoms with E-state index >= 15 is 0 Å². The SMILES string of the molecule is CCOC(=O)c1csc(C2CCCN2c2nc(C(C)(C)C)ns2)n1. The predicted octanol–water partition coefficient (Wildman–Crippen LogP) is 3.81. The highest BCUT2D eigenvalue weighted by molar-refractivity contribution is 7.10. The highest BCUT2D eigenvalue weighted by Crippen LogP contribution is 2.39. The van der Waals surface area contributed by atoms with E-state index in [-0.39, 0.29) is 17.4 Å². The van der Waals surface area contributed by atoms with E-state index in [1.54, 1.807) is 12.3 Å². The molecule has 3 rings (SSSR count). The minimum absolute atomic E-state index is 0.0533. The molecule has 1 fully saturated rings. The van der Waals surface area contributed by atoms with Crippen LogP contribution in [0.5, 0.6) is 0 Å². The first-order chi connectivity index (χ1) is 11.4. The van der Waals surface area contributed by atoms with Gasteiger partial charge in [-0.3, -0.25) is 0 Å². The van der Waals surface area contributed by atoms with Crippen LogP contribution < -0.4 is 4.90 Å². The number of anilines is 1. The molecule has 2 aromatic rings. The van der Waals surface area contributed by atoms with E-state index in [4.69, 9.17) is 9.72 Å². The van der Waals surface area contributed by atoms with Crippen molar-refractivity contribution in [3.63, 3.8) is 0 Å². The monoisotopic (exact) mass is 366 g/mol. The molecule has 0 aromatic carbocycles. The normalized spacial score (nSPS) is 18.2. The van der Waals surface area contributed by atoms with E-state index in [1.165, 1.54) is 22.9 Å². The van der Waals surface area contributed by atoms with Crippen molar-refractivity contribution in [3.8, 4) is 0 Å². The zero-order chi connectivity index (χ0) is 17.3. The molecule has 24 heavy (non-hydrogen) atoms. The van der Waals surface area contributed by atoms with Gasteiger partial charge in [0.25, 0.3) is 0 Å². The molecule has 0 radical (unpaired) electrons. The summed E-state index contributed by atoms with van der Waals surface area (Å²) in [6, 6.07) is 0.166. The molecule has 1 saturated heterocycles. The molecule has 1 unspecified atom stereocenters. The highest BCUT2D eigenvalue weighted by atomic mass is 32.1. The van der Waals surface area contributed by atoms with E-state index in [2.05, 4.69) is 35.0 Å². The van der Waals surface area contributed by atoms with Gasteiger partial charge in [0, 0.05) is 28.9 Å². The van der Waals surface area contributed by atoms with Gasteiger partial charge in [0.2, 0.25) is 5.13 Å². The molecule has 0 aliphatic carbocycles. The van der Waals surface area contributed by atoms with Crippen LogP contribution in [0.2, 0.25) is 0 Å². The van der Waals surface area contributed by atoms with Gasteiger partial charge in [0.05, 0.1) is 12.6 Å². The highest BCUT2D eigenvalue weighted by Gasteiger charge is 2.32. The van der Waals surface area contributed by atoms with Gasteiger partial charge in [0.1, 0.15) is 10.8 Å². The van der Waals surface area contributed by atoms with E-state index in [9.17, 15) is 4.79 Å². The van der Waals surface area contributed by atoms with Crippen LogP contribution in [0.3, 0.4) is 0 Å². The van der Waals surface area contributed by atoms with Crippen LogP contribution in [0.4, 0.5) is 5.13 Å². The third-order valence-corrected chi connectivity index (χ3v) is 5.58.